The topological polar surface area (TPSA) is 223 Å². The molecule has 2 fully saturated rings. The number of aromatic amines is 1. The molecule has 0 radical (unpaired) electrons. The first-order valence-electron chi connectivity index (χ1n) is 27.3. The number of H-pyrrole nitrogens is 1. The summed E-state index contributed by atoms with van der Waals surface area (Å²) in [5, 5.41) is 11.1. The Hall–Kier alpha value is -7.54. The molecule has 2 saturated heterocycles. The van der Waals surface area contributed by atoms with E-state index in [0.717, 1.165) is 43.7 Å². The van der Waals surface area contributed by atoms with Crippen LogP contribution in [0, 0.1) is 24.5 Å². The number of nitrogens with zero attached hydrogens (tertiary/aromatic N) is 5. The van der Waals surface area contributed by atoms with Gasteiger partial charge in [0, 0.05) is 73.5 Å². The maximum Gasteiger partial charge on any atom is 0.301 e. The Balaban J connectivity index is 0.681. The Morgan fingerprint density at radius 3 is 2.34 bits per heavy atom. The molecule has 3 aliphatic heterocycles. The van der Waals surface area contributed by atoms with E-state index >= 15 is 8.78 Å². The van der Waals surface area contributed by atoms with Crippen molar-refractivity contribution in [2.45, 2.75) is 77.4 Å². The van der Waals surface area contributed by atoms with E-state index in [2.05, 4.69) is 15.0 Å². The Bertz CT molecular complexity index is 3660. The summed E-state index contributed by atoms with van der Waals surface area (Å²) in [7, 11) is -4.39. The average molecular weight is 1180 g/mol. The van der Waals surface area contributed by atoms with Crippen LogP contribution in [-0.4, -0.2) is 150 Å². The normalized spacial score (nSPS) is 17.6. The van der Waals surface area contributed by atoms with Crippen molar-refractivity contribution in [3.8, 4) is 33.1 Å². The van der Waals surface area contributed by atoms with Crippen molar-refractivity contribution in [1.82, 2.24) is 29.1 Å². The Labute approximate surface area is 481 Å². The summed E-state index contributed by atoms with van der Waals surface area (Å²) in [6.07, 6.45) is 1.11. The van der Waals surface area contributed by atoms with Gasteiger partial charge in [-0.05, 0) is 90.4 Å². The maximum atomic E-state index is 15.8. The van der Waals surface area contributed by atoms with E-state index in [0.29, 0.717) is 41.2 Å². The molecule has 3 aromatic heterocycles. The van der Waals surface area contributed by atoms with Crippen LogP contribution in [0.15, 0.2) is 103 Å². The quantitative estimate of drug-likeness (QED) is 0.0361. The molecule has 10 rings (SSSR count). The Kier molecular flexibility index (Phi) is 18.0. The molecular formula is C60H62F3N7O11S2. The molecule has 0 aliphatic carbocycles. The number of ether oxygens (including phenoxy) is 4. The summed E-state index contributed by atoms with van der Waals surface area (Å²) in [5.74, 6) is -3.52. The Morgan fingerprint density at radius 1 is 0.892 bits per heavy atom. The summed E-state index contributed by atoms with van der Waals surface area (Å²) < 4.78 is 96.9. The van der Waals surface area contributed by atoms with Gasteiger partial charge in [0.1, 0.15) is 48.4 Å². The van der Waals surface area contributed by atoms with E-state index in [1.54, 1.807) is 59.1 Å². The van der Waals surface area contributed by atoms with Gasteiger partial charge in [0.25, 0.3) is 5.91 Å². The van der Waals surface area contributed by atoms with Crippen LogP contribution in [0.2, 0.25) is 0 Å². The number of thiazole rings is 1. The number of aromatic nitrogens is 3. The predicted molar refractivity (Wildman–Crippen MR) is 304 cm³/mol. The third-order valence-corrected chi connectivity index (χ3v) is 17.5. The summed E-state index contributed by atoms with van der Waals surface area (Å²) in [6.45, 7) is 7.01. The minimum absolute atomic E-state index is 0.00673. The second-order valence-corrected chi connectivity index (χ2v) is 23.5. The van der Waals surface area contributed by atoms with Crippen molar-refractivity contribution in [3.05, 3.63) is 148 Å². The number of amides is 2. The molecule has 3 N–H and O–H groups in total. The highest BCUT2D eigenvalue weighted by Crippen LogP contribution is 2.36. The number of β-amino-alcohol motifs (C(OH)–C–C–N with tert-alkyl or cyclic N) is 1. The number of likely N-dealkylation sites (tertiary alicyclic amines) is 1. The summed E-state index contributed by atoms with van der Waals surface area (Å²) in [6, 6.07) is 21.8. The maximum absolute atomic E-state index is 15.8. The number of benzene rings is 4. The predicted octanol–water partition coefficient (Wildman–Crippen LogP) is 8.51. The van der Waals surface area contributed by atoms with Crippen molar-refractivity contribution >= 4 is 61.6 Å². The number of fused-ring (bicyclic) bond motifs is 2. The summed E-state index contributed by atoms with van der Waals surface area (Å²) in [4.78, 5) is 71.3. The minimum atomic E-state index is -4.39. The molecule has 83 heavy (non-hydrogen) atoms. The third kappa shape index (κ3) is 13.0. The second-order valence-electron chi connectivity index (χ2n) is 21.0. The average Bonchev–Trinajstić information content (AvgIpc) is 4.45. The molecule has 6 heterocycles. The first-order valence-corrected chi connectivity index (χ1v) is 29.6. The lowest BCUT2D eigenvalue weighted by atomic mass is 9.97. The van der Waals surface area contributed by atoms with E-state index in [4.69, 9.17) is 18.9 Å². The van der Waals surface area contributed by atoms with Crippen molar-refractivity contribution < 1.29 is 64.8 Å². The number of aliphatic hydroxyl groups excluding tert-OH is 1. The van der Waals surface area contributed by atoms with Crippen LogP contribution < -0.4 is 14.2 Å². The zero-order valence-electron chi connectivity index (χ0n) is 45.8. The highest BCUT2D eigenvalue weighted by atomic mass is 32.2. The van der Waals surface area contributed by atoms with Crippen LogP contribution >= 0.6 is 11.3 Å². The van der Waals surface area contributed by atoms with E-state index < -0.39 is 69.8 Å². The molecule has 3 aliphatic rings. The number of rotatable bonds is 25. The zero-order chi connectivity index (χ0) is 58.5. The van der Waals surface area contributed by atoms with E-state index in [1.165, 1.54) is 22.4 Å². The smallest absolute Gasteiger partial charge is 0.301 e. The number of aryl methyl sites for hydroxylation is 2. The van der Waals surface area contributed by atoms with Gasteiger partial charge in [0.05, 0.1) is 65.9 Å². The van der Waals surface area contributed by atoms with Crippen LogP contribution in [0.1, 0.15) is 76.2 Å². The van der Waals surface area contributed by atoms with Crippen LogP contribution in [-0.2, 0) is 42.2 Å². The largest absolute Gasteiger partial charge is 0.491 e. The summed E-state index contributed by atoms with van der Waals surface area (Å²) in [5.41, 5.74) is 5.61. The van der Waals surface area contributed by atoms with Crippen LogP contribution in [0.3, 0.4) is 0 Å². The number of ketones is 2. The van der Waals surface area contributed by atoms with Gasteiger partial charge in [-0.15, -0.1) is 11.3 Å². The second kappa shape index (κ2) is 25.5. The number of alkyl halides is 1. The Morgan fingerprint density at radius 2 is 1.63 bits per heavy atom. The minimum Gasteiger partial charge on any atom is -0.491 e. The highest BCUT2D eigenvalue weighted by Gasteiger charge is 2.46. The first-order chi connectivity index (χ1) is 39.9. The number of halogens is 3. The lowest BCUT2D eigenvalue weighted by molar-refractivity contribution is -0.142. The number of nitrogens with one attached hydrogen (secondary N) is 2. The van der Waals surface area contributed by atoms with Crippen molar-refractivity contribution in [2.24, 2.45) is 5.92 Å². The third-order valence-electron chi connectivity index (χ3n) is 15.0. The number of carbonyl (C=O) groups excluding carboxylic acids is 4. The molecule has 0 saturated carbocycles. The first kappa shape index (κ1) is 58.6. The van der Waals surface area contributed by atoms with Gasteiger partial charge in [-0.25, -0.2) is 23.1 Å². The monoisotopic (exact) mass is 1180 g/mol. The number of carbonyl (C=O) groups is 4. The molecule has 436 valence electrons. The van der Waals surface area contributed by atoms with Gasteiger partial charge in [-0.2, -0.15) is 12.7 Å². The number of hydrogen-bond donors (Lipinski definition) is 3. The standard InChI is InChI=1S/C60H62F3N7O11S2/c1-35(2)55(70-31-40-6-4-5-7-45(40)59(70)74)60(75)69-33-43(71)28-50(69)51(72)17-12-38-8-9-39(57-36(3)66-34-82-57)27-52(38)81-25-23-79-21-20-78-22-24-80-44-13-10-37(11-14-44)41-26-46-47(30-65-58(46)64-29-41)56(73)53-48(62)15-16-49(54(53)63)67-83(76,77)68-19-18-42(61)32-68/h4-11,13-16,26-27,29-30,34-35,42-43,50,55,67,71H,12,17-25,28,31-33H2,1-3H3,(H,64,65)/t42-,43-,50+,55+/m1/s1. The van der Waals surface area contributed by atoms with Crippen LogP contribution in [0.25, 0.3) is 32.6 Å². The van der Waals surface area contributed by atoms with Gasteiger partial charge < -0.3 is 38.8 Å². The molecule has 4 aromatic carbocycles. The molecule has 0 bridgehead atoms. The van der Waals surface area contributed by atoms with Crippen molar-refractivity contribution in [2.75, 3.05) is 64.0 Å². The number of aliphatic hydroxyl groups is 1. The fourth-order valence-electron chi connectivity index (χ4n) is 10.8. The SMILES string of the molecule is Cc1ncsc1-c1ccc(CCC(=O)[C@@H]2C[C@@H](O)CN2C(=O)[C@H](C(C)C)N2Cc3ccccc3C2=O)c(OCCOCCOCCOc2ccc(-c3cnc4[nH]cc(C(=O)c5c(F)ccc(NS(=O)(=O)N6CC[C@@H](F)C6)c5F)c4c3)cc2)c1. The van der Waals surface area contributed by atoms with Crippen LogP contribution in [0.5, 0.6) is 11.5 Å². The zero-order valence-corrected chi connectivity index (χ0v) is 47.5. The van der Waals surface area contributed by atoms with E-state index in [9.17, 15) is 37.1 Å². The number of Topliss-reactive ketones (excluding diaryl/α,β-unsaturated/α-hetero) is 1. The van der Waals surface area contributed by atoms with E-state index in [-0.39, 0.29) is 112 Å². The van der Waals surface area contributed by atoms with Gasteiger partial charge >= 0.3 is 10.2 Å². The number of pyridine rings is 1. The molecule has 7 aromatic rings. The number of hydrogen-bond acceptors (Lipinski definition) is 14. The molecule has 4 atom stereocenters. The molecule has 23 heteroatoms. The van der Waals surface area contributed by atoms with Crippen LogP contribution in [0.4, 0.5) is 18.9 Å². The summed E-state index contributed by atoms with van der Waals surface area (Å²) >= 11 is 1.51. The number of anilines is 1. The van der Waals surface area contributed by atoms with Crippen molar-refractivity contribution in [1.29, 1.82) is 0 Å². The lowest BCUT2D eigenvalue weighted by Crippen LogP contribution is -2.54. The van der Waals surface area contributed by atoms with Crippen molar-refractivity contribution in [3.63, 3.8) is 0 Å². The van der Waals surface area contributed by atoms with Gasteiger partial charge in [-0.1, -0.05) is 56.3 Å². The highest BCUT2D eigenvalue weighted by molar-refractivity contribution is 7.90. The van der Waals surface area contributed by atoms with Gasteiger partial charge in [-0.3, -0.25) is 23.9 Å². The van der Waals surface area contributed by atoms with Gasteiger partial charge in [0.2, 0.25) is 11.7 Å². The van der Waals surface area contributed by atoms with Gasteiger partial charge in [0.15, 0.2) is 11.6 Å². The molecular weight excluding hydrogens is 1120 g/mol. The fraction of sp³-hybridized carbons (Fsp3) is 0.367. The molecule has 0 spiro atoms. The van der Waals surface area contributed by atoms with E-state index in [1.807, 2.05) is 55.8 Å². The molecule has 2 amide bonds. The lowest BCUT2D eigenvalue weighted by Gasteiger charge is -2.35. The molecule has 0 unspecified atom stereocenters. The fourth-order valence-corrected chi connectivity index (χ4v) is 12.9. The molecule has 18 nitrogen and oxygen atoms in total.